The van der Waals surface area contributed by atoms with E-state index in [9.17, 15) is 4.79 Å². The molecule has 0 saturated carbocycles. The fraction of sp³-hybridized carbons (Fsp3) is 0.0714. The molecule has 0 aliphatic carbocycles. The zero-order chi connectivity index (χ0) is 14.0. The van der Waals surface area contributed by atoms with Gasteiger partial charge in [-0.15, -0.1) is 0 Å². The van der Waals surface area contributed by atoms with E-state index in [0.717, 1.165) is 5.56 Å². The number of para-hydroxylation sites is 1. The standard InChI is InChI=1S/C14H12Cl2N2O/c1-8-4-2-7-11(17)13(8)18-14(19)12-9(15)5-3-6-10(12)16/h2-7H,17H2,1H3,(H,18,19). The van der Waals surface area contributed by atoms with Gasteiger partial charge in [0.2, 0.25) is 0 Å². The summed E-state index contributed by atoms with van der Waals surface area (Å²) in [4.78, 5) is 12.2. The third kappa shape index (κ3) is 2.83. The number of nitrogens with two attached hydrogens (primary N) is 1. The number of aryl methyl sites for hydroxylation is 1. The topological polar surface area (TPSA) is 55.1 Å². The summed E-state index contributed by atoms with van der Waals surface area (Å²) < 4.78 is 0. The first kappa shape index (κ1) is 13.7. The van der Waals surface area contributed by atoms with Gasteiger partial charge in [-0.2, -0.15) is 0 Å². The Morgan fingerprint density at radius 1 is 1.11 bits per heavy atom. The second-order valence-corrected chi connectivity index (χ2v) is 4.90. The average molecular weight is 295 g/mol. The third-order valence-corrected chi connectivity index (χ3v) is 3.36. The fourth-order valence-corrected chi connectivity index (χ4v) is 2.32. The molecule has 2 rings (SSSR count). The second-order valence-electron chi connectivity index (χ2n) is 4.09. The number of halogens is 2. The highest BCUT2D eigenvalue weighted by molar-refractivity contribution is 6.40. The minimum atomic E-state index is -0.378. The van der Waals surface area contributed by atoms with E-state index in [2.05, 4.69) is 5.32 Å². The Bertz CT molecular complexity index is 601. The number of hydrogen-bond donors (Lipinski definition) is 2. The van der Waals surface area contributed by atoms with Crippen molar-refractivity contribution < 1.29 is 4.79 Å². The summed E-state index contributed by atoms with van der Waals surface area (Å²) in [6.07, 6.45) is 0. The fourth-order valence-electron chi connectivity index (χ4n) is 1.75. The Morgan fingerprint density at radius 3 is 2.26 bits per heavy atom. The molecule has 0 unspecified atom stereocenters. The average Bonchev–Trinajstić information content (AvgIpc) is 2.34. The van der Waals surface area contributed by atoms with E-state index >= 15 is 0 Å². The molecule has 2 aromatic rings. The van der Waals surface area contributed by atoms with Gasteiger partial charge in [-0.05, 0) is 30.7 Å². The maximum absolute atomic E-state index is 12.2. The molecule has 0 heterocycles. The molecule has 3 nitrogen and oxygen atoms in total. The summed E-state index contributed by atoms with van der Waals surface area (Å²) in [7, 11) is 0. The summed E-state index contributed by atoms with van der Waals surface area (Å²) in [5, 5.41) is 3.35. The molecule has 0 aliphatic heterocycles. The second kappa shape index (κ2) is 5.51. The van der Waals surface area contributed by atoms with Crippen LogP contribution in [0.15, 0.2) is 36.4 Å². The third-order valence-electron chi connectivity index (χ3n) is 2.73. The van der Waals surface area contributed by atoms with Crippen LogP contribution < -0.4 is 11.1 Å². The molecule has 2 aromatic carbocycles. The summed E-state index contributed by atoms with van der Waals surface area (Å²) in [6, 6.07) is 10.3. The van der Waals surface area contributed by atoms with Gasteiger partial charge in [-0.1, -0.05) is 41.4 Å². The van der Waals surface area contributed by atoms with Gasteiger partial charge in [0, 0.05) is 0 Å². The zero-order valence-electron chi connectivity index (χ0n) is 10.2. The number of benzene rings is 2. The van der Waals surface area contributed by atoms with Crippen molar-refractivity contribution in [3.63, 3.8) is 0 Å². The molecule has 0 aliphatic rings. The number of nitrogen functional groups attached to an aromatic ring is 1. The van der Waals surface area contributed by atoms with E-state index in [4.69, 9.17) is 28.9 Å². The Hall–Kier alpha value is -1.71. The molecule has 0 saturated heterocycles. The molecule has 0 spiro atoms. The van der Waals surface area contributed by atoms with Crippen LogP contribution in [0.2, 0.25) is 10.0 Å². The van der Waals surface area contributed by atoms with Gasteiger partial charge >= 0.3 is 0 Å². The van der Waals surface area contributed by atoms with Gasteiger partial charge < -0.3 is 11.1 Å². The van der Waals surface area contributed by atoms with Crippen molar-refractivity contribution in [2.75, 3.05) is 11.1 Å². The van der Waals surface area contributed by atoms with Crippen LogP contribution in [0, 0.1) is 6.92 Å². The number of hydrogen-bond acceptors (Lipinski definition) is 2. The predicted octanol–water partition coefficient (Wildman–Crippen LogP) is 4.14. The minimum absolute atomic E-state index is 0.244. The van der Waals surface area contributed by atoms with Crippen molar-refractivity contribution in [1.29, 1.82) is 0 Å². The lowest BCUT2D eigenvalue weighted by molar-refractivity contribution is 0.102. The highest BCUT2D eigenvalue weighted by Crippen LogP contribution is 2.28. The Kier molecular flexibility index (Phi) is 3.98. The van der Waals surface area contributed by atoms with Crippen LogP contribution in [-0.2, 0) is 0 Å². The van der Waals surface area contributed by atoms with E-state index in [0.29, 0.717) is 21.4 Å². The molecule has 0 radical (unpaired) electrons. The molecule has 0 fully saturated rings. The van der Waals surface area contributed by atoms with Gasteiger partial charge in [0.1, 0.15) is 0 Å². The minimum Gasteiger partial charge on any atom is -0.397 e. The Labute approximate surface area is 121 Å². The van der Waals surface area contributed by atoms with E-state index in [1.807, 2.05) is 19.1 Å². The van der Waals surface area contributed by atoms with Crippen LogP contribution >= 0.6 is 23.2 Å². The molecule has 3 N–H and O–H groups in total. The van der Waals surface area contributed by atoms with Gasteiger partial charge in [-0.3, -0.25) is 4.79 Å². The van der Waals surface area contributed by atoms with Crippen LogP contribution in [-0.4, -0.2) is 5.91 Å². The lowest BCUT2D eigenvalue weighted by Gasteiger charge is -2.12. The molecule has 1 amide bonds. The number of carbonyl (C=O) groups excluding carboxylic acids is 1. The van der Waals surface area contributed by atoms with Crippen LogP contribution in [0.5, 0.6) is 0 Å². The van der Waals surface area contributed by atoms with E-state index in [1.54, 1.807) is 24.3 Å². The number of carbonyl (C=O) groups is 1. The molecular weight excluding hydrogens is 283 g/mol. The summed E-state index contributed by atoms with van der Waals surface area (Å²) in [5.41, 5.74) is 8.03. The van der Waals surface area contributed by atoms with Crippen molar-refractivity contribution in [2.45, 2.75) is 6.92 Å². The lowest BCUT2D eigenvalue weighted by Crippen LogP contribution is -2.15. The number of anilines is 2. The molecule has 0 atom stereocenters. The van der Waals surface area contributed by atoms with Crippen LogP contribution in [0.25, 0.3) is 0 Å². The van der Waals surface area contributed by atoms with Crippen molar-refractivity contribution in [3.8, 4) is 0 Å². The molecule has 0 bridgehead atoms. The SMILES string of the molecule is Cc1cccc(N)c1NC(=O)c1c(Cl)cccc1Cl. The number of rotatable bonds is 2. The van der Waals surface area contributed by atoms with Gasteiger partial charge in [0.05, 0.1) is 27.0 Å². The molecule has 98 valence electrons. The summed E-state index contributed by atoms with van der Waals surface area (Å²) in [6.45, 7) is 1.86. The van der Waals surface area contributed by atoms with Crippen molar-refractivity contribution in [2.24, 2.45) is 0 Å². The van der Waals surface area contributed by atoms with Gasteiger partial charge in [0.15, 0.2) is 0 Å². The maximum Gasteiger partial charge on any atom is 0.258 e. The molecular formula is C14H12Cl2N2O. The summed E-state index contributed by atoms with van der Waals surface area (Å²) in [5.74, 6) is -0.378. The van der Waals surface area contributed by atoms with Crippen LogP contribution in [0.1, 0.15) is 15.9 Å². The quantitative estimate of drug-likeness (QED) is 0.818. The monoisotopic (exact) mass is 294 g/mol. The van der Waals surface area contributed by atoms with E-state index in [1.165, 1.54) is 0 Å². The highest BCUT2D eigenvalue weighted by atomic mass is 35.5. The smallest absolute Gasteiger partial charge is 0.258 e. The lowest BCUT2D eigenvalue weighted by atomic mass is 10.1. The van der Waals surface area contributed by atoms with Crippen LogP contribution in [0.4, 0.5) is 11.4 Å². The maximum atomic E-state index is 12.2. The molecule has 19 heavy (non-hydrogen) atoms. The first-order valence-corrected chi connectivity index (χ1v) is 6.36. The van der Waals surface area contributed by atoms with E-state index < -0.39 is 0 Å². The van der Waals surface area contributed by atoms with Crippen LogP contribution in [0.3, 0.4) is 0 Å². The number of amides is 1. The zero-order valence-corrected chi connectivity index (χ0v) is 11.7. The Morgan fingerprint density at radius 2 is 1.68 bits per heavy atom. The summed E-state index contributed by atoms with van der Waals surface area (Å²) >= 11 is 12.0. The van der Waals surface area contributed by atoms with E-state index in [-0.39, 0.29) is 11.5 Å². The predicted molar refractivity (Wildman–Crippen MR) is 80.0 cm³/mol. The largest absolute Gasteiger partial charge is 0.397 e. The molecule has 0 aromatic heterocycles. The Balaban J connectivity index is 2.37. The molecule has 5 heteroatoms. The number of nitrogens with one attached hydrogen (secondary N) is 1. The highest BCUT2D eigenvalue weighted by Gasteiger charge is 2.16. The van der Waals surface area contributed by atoms with Crippen molar-refractivity contribution in [1.82, 2.24) is 0 Å². The first-order chi connectivity index (χ1) is 9.00. The van der Waals surface area contributed by atoms with Crippen molar-refractivity contribution in [3.05, 3.63) is 57.6 Å². The van der Waals surface area contributed by atoms with Gasteiger partial charge in [-0.25, -0.2) is 0 Å². The first-order valence-electron chi connectivity index (χ1n) is 5.61. The van der Waals surface area contributed by atoms with Crippen molar-refractivity contribution >= 4 is 40.5 Å². The normalized spacial score (nSPS) is 10.3. The van der Waals surface area contributed by atoms with Gasteiger partial charge in [0.25, 0.3) is 5.91 Å².